The summed E-state index contributed by atoms with van der Waals surface area (Å²) < 4.78 is 6.73. The Morgan fingerprint density at radius 1 is 1.21 bits per heavy atom. The van der Waals surface area contributed by atoms with Crippen molar-refractivity contribution in [3.8, 4) is 0 Å². The summed E-state index contributed by atoms with van der Waals surface area (Å²) in [4.78, 5) is 18.0. The zero-order chi connectivity index (χ0) is 16.9. The summed E-state index contributed by atoms with van der Waals surface area (Å²) in [5.74, 6) is 0. The van der Waals surface area contributed by atoms with Crippen LogP contribution in [0.3, 0.4) is 0 Å². The molecule has 0 aliphatic rings. The molecule has 0 fully saturated rings. The number of nitrogens with zero attached hydrogens (tertiary/aromatic N) is 1. The summed E-state index contributed by atoms with van der Waals surface area (Å²) in [6.07, 6.45) is 1.49. The largest absolute Gasteiger partial charge is 0.452 e. The van der Waals surface area contributed by atoms with Gasteiger partial charge in [0, 0.05) is 9.79 Å². The van der Waals surface area contributed by atoms with Gasteiger partial charge in [0.1, 0.15) is 0 Å². The molecule has 3 rings (SSSR count). The van der Waals surface area contributed by atoms with Crippen molar-refractivity contribution in [1.82, 2.24) is 10.4 Å². The van der Waals surface area contributed by atoms with E-state index in [2.05, 4.69) is 26.6 Å². The summed E-state index contributed by atoms with van der Waals surface area (Å²) in [7, 11) is 1.32. The van der Waals surface area contributed by atoms with Gasteiger partial charge in [-0.25, -0.2) is 15.2 Å². The topological polar surface area (TPSA) is 63.2 Å². The second kappa shape index (κ2) is 7.78. The highest BCUT2D eigenvalue weighted by molar-refractivity contribution is 8.03. The van der Waals surface area contributed by atoms with E-state index in [1.165, 1.54) is 11.8 Å². The molecule has 0 atom stereocenters. The first kappa shape index (κ1) is 16.9. The Hall–Kier alpha value is -1.90. The third-order valence-corrected chi connectivity index (χ3v) is 6.21. The number of hydrazine groups is 1. The fraction of sp³-hybridized carbons (Fsp3) is 0.125. The first-order valence-electron chi connectivity index (χ1n) is 7.01. The average Bonchev–Trinajstić information content (AvgIpc) is 3.02. The van der Waals surface area contributed by atoms with Crippen LogP contribution < -0.4 is 10.9 Å². The number of ether oxygens (including phenoxy) is 1. The molecule has 1 heterocycles. The summed E-state index contributed by atoms with van der Waals surface area (Å²) in [5.41, 5.74) is 7.09. The van der Waals surface area contributed by atoms with Crippen LogP contribution in [0.4, 0.5) is 10.5 Å². The van der Waals surface area contributed by atoms with Crippen LogP contribution in [0.5, 0.6) is 0 Å². The molecule has 0 saturated heterocycles. The number of hydrogen-bond acceptors (Lipinski definition) is 7. The van der Waals surface area contributed by atoms with Crippen molar-refractivity contribution in [3.63, 3.8) is 0 Å². The Morgan fingerprint density at radius 2 is 2.04 bits per heavy atom. The second-order valence-corrected chi connectivity index (χ2v) is 7.82. The van der Waals surface area contributed by atoms with E-state index in [1.54, 1.807) is 34.9 Å². The van der Waals surface area contributed by atoms with Crippen molar-refractivity contribution in [2.24, 2.45) is 0 Å². The molecule has 1 amide bonds. The Kier molecular flexibility index (Phi) is 5.49. The molecule has 0 radical (unpaired) electrons. The minimum atomic E-state index is -0.534. The molecule has 0 bridgehead atoms. The number of methoxy groups -OCH3 is 1. The number of nitrogens with one attached hydrogen (secondary N) is 2. The van der Waals surface area contributed by atoms with Crippen molar-refractivity contribution in [1.29, 1.82) is 0 Å². The fourth-order valence-corrected chi connectivity index (χ4v) is 4.91. The summed E-state index contributed by atoms with van der Waals surface area (Å²) in [6, 6.07) is 14.0. The number of thiazole rings is 1. The third kappa shape index (κ3) is 3.95. The number of anilines is 1. The van der Waals surface area contributed by atoms with E-state index in [0.29, 0.717) is 0 Å². The first-order valence-corrected chi connectivity index (χ1v) is 9.87. The molecule has 24 heavy (non-hydrogen) atoms. The van der Waals surface area contributed by atoms with Gasteiger partial charge < -0.3 is 4.74 Å². The van der Waals surface area contributed by atoms with Gasteiger partial charge in [-0.1, -0.05) is 23.9 Å². The van der Waals surface area contributed by atoms with Gasteiger partial charge in [-0.3, -0.25) is 5.43 Å². The highest BCUT2D eigenvalue weighted by Gasteiger charge is 2.10. The van der Waals surface area contributed by atoms with Crippen LogP contribution in [0.2, 0.25) is 0 Å². The normalized spacial score (nSPS) is 10.6. The van der Waals surface area contributed by atoms with Crippen LogP contribution in [0.25, 0.3) is 10.2 Å². The SMILES string of the molecule is COC(=O)NNc1ccc(Sc2nc3ccccc3s2)c(SC)c1. The molecule has 0 saturated carbocycles. The number of fused-ring (bicyclic) bond motifs is 1. The number of carbonyl (C=O) groups excluding carboxylic acids is 1. The van der Waals surface area contributed by atoms with Crippen molar-refractivity contribution >= 4 is 56.9 Å². The molecule has 124 valence electrons. The van der Waals surface area contributed by atoms with E-state index in [-0.39, 0.29) is 0 Å². The van der Waals surface area contributed by atoms with Crippen molar-refractivity contribution in [3.05, 3.63) is 42.5 Å². The Bertz CT molecular complexity index is 834. The summed E-state index contributed by atoms with van der Waals surface area (Å²) in [5, 5.41) is 0. The Balaban J connectivity index is 1.78. The van der Waals surface area contributed by atoms with E-state index in [9.17, 15) is 4.79 Å². The van der Waals surface area contributed by atoms with E-state index < -0.39 is 6.09 Å². The molecule has 1 aromatic heterocycles. The van der Waals surface area contributed by atoms with E-state index >= 15 is 0 Å². The van der Waals surface area contributed by atoms with Crippen LogP contribution in [0.15, 0.2) is 56.6 Å². The lowest BCUT2D eigenvalue weighted by Gasteiger charge is -2.11. The van der Waals surface area contributed by atoms with Crippen molar-refractivity contribution in [2.75, 3.05) is 18.8 Å². The fourth-order valence-electron chi connectivity index (χ4n) is 1.99. The quantitative estimate of drug-likeness (QED) is 0.489. The van der Waals surface area contributed by atoms with E-state index in [0.717, 1.165) is 25.3 Å². The maximum absolute atomic E-state index is 11.1. The summed E-state index contributed by atoms with van der Waals surface area (Å²) in [6.45, 7) is 0. The lowest BCUT2D eigenvalue weighted by molar-refractivity contribution is 0.173. The standard InChI is InChI=1S/C16H15N3O2S3/c1-21-15(20)19-18-10-7-8-13(14(9-10)22-2)24-16-17-11-5-3-4-6-12(11)23-16/h3-9,18H,1-2H3,(H,19,20). The number of thioether (sulfide) groups is 1. The maximum Gasteiger partial charge on any atom is 0.425 e. The van der Waals surface area contributed by atoms with Gasteiger partial charge in [0.05, 0.1) is 23.0 Å². The predicted octanol–water partition coefficient (Wildman–Crippen LogP) is 4.85. The van der Waals surface area contributed by atoms with E-state index in [1.807, 2.05) is 42.7 Å². The minimum Gasteiger partial charge on any atom is -0.452 e. The zero-order valence-electron chi connectivity index (χ0n) is 13.0. The highest BCUT2D eigenvalue weighted by Crippen LogP contribution is 2.39. The second-order valence-electron chi connectivity index (χ2n) is 4.66. The van der Waals surface area contributed by atoms with E-state index in [4.69, 9.17) is 0 Å². The molecule has 0 unspecified atom stereocenters. The average molecular weight is 378 g/mol. The first-order chi connectivity index (χ1) is 11.7. The molecule has 3 aromatic rings. The van der Waals surface area contributed by atoms with Crippen molar-refractivity contribution < 1.29 is 9.53 Å². The van der Waals surface area contributed by atoms with Gasteiger partial charge in [-0.05, 0) is 36.6 Å². The lowest BCUT2D eigenvalue weighted by Crippen LogP contribution is -2.28. The molecule has 8 heteroatoms. The van der Waals surface area contributed by atoms with Crippen LogP contribution in [-0.4, -0.2) is 24.4 Å². The lowest BCUT2D eigenvalue weighted by atomic mass is 10.3. The molecule has 0 aliphatic carbocycles. The molecular formula is C16H15N3O2S3. The molecule has 0 spiro atoms. The maximum atomic E-state index is 11.1. The van der Waals surface area contributed by atoms with Gasteiger partial charge >= 0.3 is 6.09 Å². The van der Waals surface area contributed by atoms with Gasteiger partial charge in [-0.15, -0.1) is 23.1 Å². The van der Waals surface area contributed by atoms with Crippen LogP contribution in [0.1, 0.15) is 0 Å². The third-order valence-electron chi connectivity index (χ3n) is 3.13. The van der Waals surface area contributed by atoms with Gasteiger partial charge in [0.2, 0.25) is 0 Å². The van der Waals surface area contributed by atoms with Gasteiger partial charge in [0.15, 0.2) is 4.34 Å². The Labute approximate surface area is 152 Å². The number of rotatable bonds is 5. The number of benzene rings is 2. The summed E-state index contributed by atoms with van der Waals surface area (Å²) >= 11 is 4.98. The number of amides is 1. The molecule has 2 N–H and O–H groups in total. The monoisotopic (exact) mass is 377 g/mol. The predicted molar refractivity (Wildman–Crippen MR) is 101 cm³/mol. The van der Waals surface area contributed by atoms with Crippen LogP contribution in [0, 0.1) is 0 Å². The zero-order valence-corrected chi connectivity index (χ0v) is 15.5. The minimum absolute atomic E-state index is 0.534. The number of aromatic nitrogens is 1. The Morgan fingerprint density at radius 3 is 2.79 bits per heavy atom. The van der Waals surface area contributed by atoms with Crippen LogP contribution in [-0.2, 0) is 4.74 Å². The van der Waals surface area contributed by atoms with Gasteiger partial charge in [0.25, 0.3) is 0 Å². The molecule has 5 nitrogen and oxygen atoms in total. The molecular weight excluding hydrogens is 362 g/mol. The highest BCUT2D eigenvalue weighted by atomic mass is 32.2. The number of para-hydroxylation sites is 1. The number of hydrogen-bond donors (Lipinski definition) is 2. The number of carbonyl (C=O) groups is 1. The molecule has 2 aromatic carbocycles. The van der Waals surface area contributed by atoms with Crippen molar-refractivity contribution in [2.45, 2.75) is 14.1 Å². The molecule has 0 aliphatic heterocycles. The van der Waals surface area contributed by atoms with Crippen LogP contribution >= 0.6 is 34.9 Å². The smallest absolute Gasteiger partial charge is 0.425 e. The van der Waals surface area contributed by atoms with Gasteiger partial charge in [-0.2, -0.15) is 0 Å².